The molecular weight excluding hydrogens is 366 g/mol. The fourth-order valence-electron chi connectivity index (χ4n) is 4.05. The minimum Gasteiger partial charge on any atom is -0.454 e. The van der Waals surface area contributed by atoms with Crippen LogP contribution in [0.1, 0.15) is 41.5 Å². The van der Waals surface area contributed by atoms with Crippen molar-refractivity contribution in [2.45, 2.75) is 33.1 Å². The summed E-state index contributed by atoms with van der Waals surface area (Å²) in [4.78, 5) is 14.9. The van der Waals surface area contributed by atoms with Crippen LogP contribution in [0.15, 0.2) is 18.2 Å². The maximum Gasteiger partial charge on any atom is 0.275 e. The van der Waals surface area contributed by atoms with Crippen LogP contribution < -0.4 is 9.47 Å². The Bertz CT molecular complexity index is 895. The van der Waals surface area contributed by atoms with Crippen molar-refractivity contribution in [2.24, 2.45) is 12.5 Å². The van der Waals surface area contributed by atoms with E-state index in [4.69, 9.17) is 21.1 Å². The molecule has 6 nitrogen and oxygen atoms in total. The van der Waals surface area contributed by atoms with Crippen molar-refractivity contribution in [3.63, 3.8) is 0 Å². The number of piperidine rings is 1. The summed E-state index contributed by atoms with van der Waals surface area (Å²) >= 11 is 6.33. The van der Waals surface area contributed by atoms with Crippen molar-refractivity contribution in [2.75, 3.05) is 19.9 Å². The van der Waals surface area contributed by atoms with Crippen LogP contribution in [0.2, 0.25) is 5.02 Å². The fraction of sp³-hybridized carbons (Fsp3) is 0.500. The van der Waals surface area contributed by atoms with Crippen LogP contribution in [0.25, 0.3) is 0 Å². The molecule has 1 amide bonds. The smallest absolute Gasteiger partial charge is 0.275 e. The van der Waals surface area contributed by atoms with Gasteiger partial charge in [-0.1, -0.05) is 24.6 Å². The topological polar surface area (TPSA) is 56.6 Å². The zero-order valence-corrected chi connectivity index (χ0v) is 16.7. The summed E-state index contributed by atoms with van der Waals surface area (Å²) in [5, 5.41) is 4.77. The van der Waals surface area contributed by atoms with Crippen molar-refractivity contribution < 1.29 is 14.3 Å². The molecule has 1 fully saturated rings. The maximum atomic E-state index is 13.0. The summed E-state index contributed by atoms with van der Waals surface area (Å²) in [5.74, 6) is 1.51. The van der Waals surface area contributed by atoms with Crippen LogP contribution in [0, 0.1) is 12.3 Å². The largest absolute Gasteiger partial charge is 0.454 e. The first-order valence-corrected chi connectivity index (χ1v) is 9.61. The van der Waals surface area contributed by atoms with E-state index in [-0.39, 0.29) is 18.1 Å². The summed E-state index contributed by atoms with van der Waals surface area (Å²) < 4.78 is 12.5. The Kier molecular flexibility index (Phi) is 4.54. The van der Waals surface area contributed by atoms with Gasteiger partial charge in [-0.2, -0.15) is 5.10 Å². The average Bonchev–Trinajstić information content (AvgIpc) is 3.20. The van der Waals surface area contributed by atoms with E-state index in [0.29, 0.717) is 17.3 Å². The Hall–Kier alpha value is -2.21. The Morgan fingerprint density at radius 3 is 2.85 bits per heavy atom. The van der Waals surface area contributed by atoms with E-state index in [9.17, 15) is 4.79 Å². The molecule has 0 radical (unpaired) electrons. The second-order valence-corrected chi connectivity index (χ2v) is 8.25. The normalized spacial score (nSPS) is 21.6. The standard InChI is InChI=1S/C20H24ClN3O3/c1-13-17(21)18(22-23(13)3)19(25)24-8-4-7-20(2,11-24)10-14-5-6-15-16(9-14)27-12-26-15/h5-6,9H,4,7-8,10-12H2,1-3H3/t20-/m0/s1. The number of hydrogen-bond acceptors (Lipinski definition) is 4. The highest BCUT2D eigenvalue weighted by Crippen LogP contribution is 2.38. The first-order valence-electron chi connectivity index (χ1n) is 9.23. The predicted octanol–water partition coefficient (Wildman–Crippen LogP) is 3.60. The Morgan fingerprint density at radius 2 is 2.11 bits per heavy atom. The molecule has 7 heteroatoms. The lowest BCUT2D eigenvalue weighted by Gasteiger charge is -2.40. The Balaban J connectivity index is 1.51. The number of likely N-dealkylation sites (tertiary alicyclic amines) is 1. The second-order valence-electron chi connectivity index (χ2n) is 7.88. The third-order valence-corrected chi connectivity index (χ3v) is 6.05. The minimum atomic E-state index is -0.0830. The molecule has 1 aromatic carbocycles. The zero-order chi connectivity index (χ0) is 19.2. The fourth-order valence-corrected chi connectivity index (χ4v) is 4.29. The molecule has 0 N–H and O–H groups in total. The van der Waals surface area contributed by atoms with Crippen LogP contribution in [0.5, 0.6) is 11.5 Å². The number of aryl methyl sites for hydroxylation is 1. The molecular formula is C20H24ClN3O3. The molecule has 27 heavy (non-hydrogen) atoms. The molecule has 4 rings (SSSR count). The summed E-state index contributed by atoms with van der Waals surface area (Å²) in [6.45, 7) is 5.81. The summed E-state index contributed by atoms with van der Waals surface area (Å²) in [6, 6.07) is 6.09. The molecule has 1 saturated heterocycles. The van der Waals surface area contributed by atoms with E-state index < -0.39 is 0 Å². The van der Waals surface area contributed by atoms with Gasteiger partial charge in [0.05, 0.1) is 10.7 Å². The van der Waals surface area contributed by atoms with E-state index in [1.54, 1.807) is 11.7 Å². The molecule has 3 heterocycles. The molecule has 2 aliphatic heterocycles. The van der Waals surface area contributed by atoms with E-state index >= 15 is 0 Å². The molecule has 1 aromatic heterocycles. The second kappa shape index (κ2) is 6.75. The van der Waals surface area contributed by atoms with Crippen molar-refractivity contribution in [3.8, 4) is 11.5 Å². The number of nitrogens with zero attached hydrogens (tertiary/aromatic N) is 3. The van der Waals surface area contributed by atoms with Gasteiger partial charge in [0.1, 0.15) is 0 Å². The Labute approximate surface area is 164 Å². The van der Waals surface area contributed by atoms with Gasteiger partial charge in [0, 0.05) is 20.1 Å². The highest BCUT2D eigenvalue weighted by molar-refractivity contribution is 6.34. The number of rotatable bonds is 3. The SMILES string of the molecule is Cc1c(Cl)c(C(=O)N2CCC[C@@](C)(Cc3ccc4c(c3)OCO4)C2)nn1C. The maximum absolute atomic E-state index is 13.0. The molecule has 0 spiro atoms. The number of ether oxygens (including phenoxy) is 2. The summed E-state index contributed by atoms with van der Waals surface area (Å²) in [7, 11) is 1.80. The molecule has 2 aromatic rings. The van der Waals surface area contributed by atoms with Crippen molar-refractivity contribution in [1.29, 1.82) is 0 Å². The quantitative estimate of drug-likeness (QED) is 0.804. The van der Waals surface area contributed by atoms with E-state index in [1.165, 1.54) is 5.56 Å². The van der Waals surface area contributed by atoms with Gasteiger partial charge in [-0.05, 0) is 49.3 Å². The summed E-state index contributed by atoms with van der Waals surface area (Å²) in [5.41, 5.74) is 2.35. The summed E-state index contributed by atoms with van der Waals surface area (Å²) in [6.07, 6.45) is 2.92. The molecule has 0 aliphatic carbocycles. The number of carbonyl (C=O) groups excluding carboxylic acids is 1. The van der Waals surface area contributed by atoms with Gasteiger partial charge in [-0.3, -0.25) is 9.48 Å². The van der Waals surface area contributed by atoms with Gasteiger partial charge in [0.15, 0.2) is 17.2 Å². The van der Waals surface area contributed by atoms with Crippen molar-refractivity contribution in [3.05, 3.63) is 40.2 Å². The number of halogens is 1. The van der Waals surface area contributed by atoms with E-state index in [1.807, 2.05) is 24.0 Å². The van der Waals surface area contributed by atoms with E-state index in [2.05, 4.69) is 18.1 Å². The van der Waals surface area contributed by atoms with Crippen LogP contribution in [-0.2, 0) is 13.5 Å². The van der Waals surface area contributed by atoms with Crippen molar-refractivity contribution in [1.82, 2.24) is 14.7 Å². The number of amides is 1. The first-order chi connectivity index (χ1) is 12.9. The molecule has 0 unspecified atom stereocenters. The molecule has 0 saturated carbocycles. The van der Waals surface area contributed by atoms with Gasteiger partial charge in [-0.25, -0.2) is 0 Å². The number of fused-ring (bicyclic) bond motifs is 1. The highest BCUT2D eigenvalue weighted by Gasteiger charge is 2.35. The van der Waals surface area contributed by atoms with Crippen LogP contribution in [-0.4, -0.2) is 40.5 Å². The van der Waals surface area contributed by atoms with Gasteiger partial charge >= 0.3 is 0 Å². The van der Waals surface area contributed by atoms with Gasteiger partial charge in [0.2, 0.25) is 6.79 Å². The number of carbonyl (C=O) groups is 1. The van der Waals surface area contributed by atoms with Crippen LogP contribution in [0.4, 0.5) is 0 Å². The van der Waals surface area contributed by atoms with Gasteiger partial charge in [-0.15, -0.1) is 0 Å². The number of hydrogen-bond donors (Lipinski definition) is 0. The van der Waals surface area contributed by atoms with E-state index in [0.717, 1.165) is 43.0 Å². The number of aromatic nitrogens is 2. The van der Waals surface area contributed by atoms with Gasteiger partial charge < -0.3 is 14.4 Å². The monoisotopic (exact) mass is 389 g/mol. The number of benzene rings is 1. The Morgan fingerprint density at radius 1 is 1.33 bits per heavy atom. The van der Waals surface area contributed by atoms with Crippen molar-refractivity contribution >= 4 is 17.5 Å². The highest BCUT2D eigenvalue weighted by atomic mass is 35.5. The molecule has 0 bridgehead atoms. The molecule has 1 atom stereocenters. The van der Waals surface area contributed by atoms with Crippen LogP contribution >= 0.6 is 11.6 Å². The predicted molar refractivity (Wildman–Crippen MR) is 102 cm³/mol. The third-order valence-electron chi connectivity index (χ3n) is 5.60. The third kappa shape index (κ3) is 3.38. The molecule has 2 aliphatic rings. The van der Waals surface area contributed by atoms with Crippen LogP contribution in [0.3, 0.4) is 0 Å². The first kappa shape index (κ1) is 18.2. The zero-order valence-electron chi connectivity index (χ0n) is 15.9. The average molecular weight is 390 g/mol. The molecule has 144 valence electrons. The lowest BCUT2D eigenvalue weighted by atomic mass is 9.77. The minimum absolute atomic E-state index is 0.00207. The lowest BCUT2D eigenvalue weighted by Crippen LogP contribution is -2.46. The lowest BCUT2D eigenvalue weighted by molar-refractivity contribution is 0.0544. The van der Waals surface area contributed by atoms with Gasteiger partial charge in [0.25, 0.3) is 5.91 Å².